The topological polar surface area (TPSA) is 113 Å². The second kappa shape index (κ2) is 13.7. The quantitative estimate of drug-likeness (QED) is 0.243. The fourth-order valence-electron chi connectivity index (χ4n) is 4.75. The number of fused-ring (bicyclic) bond motifs is 2. The molecule has 3 heterocycles. The Morgan fingerprint density at radius 2 is 1.95 bits per heavy atom. The summed E-state index contributed by atoms with van der Waals surface area (Å²) in [5.74, 6) is -1.66. The third-order valence-corrected chi connectivity index (χ3v) is 6.92. The van der Waals surface area contributed by atoms with Crippen molar-refractivity contribution in [2.45, 2.75) is 50.7 Å². The van der Waals surface area contributed by atoms with Crippen molar-refractivity contribution in [1.29, 1.82) is 0 Å². The van der Waals surface area contributed by atoms with Gasteiger partial charge < -0.3 is 25.4 Å². The van der Waals surface area contributed by atoms with Crippen molar-refractivity contribution in [2.24, 2.45) is 0 Å². The zero-order chi connectivity index (χ0) is 28.5. The number of carbonyl (C=O) groups is 1. The Hall–Kier alpha value is -3.51. The molecule has 40 heavy (non-hydrogen) atoms. The third-order valence-electron chi connectivity index (χ3n) is 6.92. The molecule has 0 fully saturated rings. The number of hydrogen-bond acceptors (Lipinski definition) is 8. The zero-order valence-electron chi connectivity index (χ0n) is 22.5. The first kappa shape index (κ1) is 29.5. The van der Waals surface area contributed by atoms with Gasteiger partial charge in [-0.05, 0) is 68.8 Å². The summed E-state index contributed by atoms with van der Waals surface area (Å²) in [6, 6.07) is 9.30. The molecule has 1 aliphatic rings. The molecular formula is C28H35F3N6O3. The normalized spacial score (nSPS) is 14.1. The Morgan fingerprint density at radius 3 is 2.73 bits per heavy atom. The van der Waals surface area contributed by atoms with Crippen molar-refractivity contribution < 1.29 is 27.8 Å². The van der Waals surface area contributed by atoms with E-state index in [1.165, 1.54) is 11.6 Å². The van der Waals surface area contributed by atoms with Crippen LogP contribution in [0, 0.1) is 0 Å². The number of ether oxygens (including phenoxy) is 1. The number of methoxy groups -OCH3 is 1. The van der Waals surface area contributed by atoms with E-state index >= 15 is 0 Å². The number of nitrogens with zero attached hydrogens (tertiary/aromatic N) is 4. The summed E-state index contributed by atoms with van der Waals surface area (Å²) in [5.41, 5.74) is 2.39. The fourth-order valence-corrected chi connectivity index (χ4v) is 4.75. The van der Waals surface area contributed by atoms with Crippen LogP contribution in [-0.2, 0) is 28.5 Å². The lowest BCUT2D eigenvalue weighted by molar-refractivity contribution is -0.144. The van der Waals surface area contributed by atoms with E-state index in [1.54, 1.807) is 25.3 Å². The molecule has 216 valence electrons. The van der Waals surface area contributed by atoms with E-state index in [-0.39, 0.29) is 17.8 Å². The lowest BCUT2D eigenvalue weighted by Gasteiger charge is -2.24. The highest BCUT2D eigenvalue weighted by atomic mass is 19.4. The smallest absolute Gasteiger partial charge is 0.451 e. The van der Waals surface area contributed by atoms with E-state index < -0.39 is 24.0 Å². The number of alkyl halides is 3. The zero-order valence-corrected chi connectivity index (χ0v) is 22.5. The minimum absolute atomic E-state index is 0.0855. The highest BCUT2D eigenvalue weighted by molar-refractivity contribution is 5.91. The van der Waals surface area contributed by atoms with Gasteiger partial charge in [0, 0.05) is 37.8 Å². The number of pyridine rings is 1. The van der Waals surface area contributed by atoms with E-state index in [2.05, 4.69) is 37.6 Å². The maximum Gasteiger partial charge on any atom is 0.451 e. The predicted molar refractivity (Wildman–Crippen MR) is 147 cm³/mol. The number of carboxylic acids is 1. The Bertz CT molecular complexity index is 1290. The second-order valence-corrected chi connectivity index (χ2v) is 9.87. The number of benzene rings is 1. The van der Waals surface area contributed by atoms with E-state index in [9.17, 15) is 23.1 Å². The summed E-state index contributed by atoms with van der Waals surface area (Å²) in [5, 5.41) is 16.3. The average Bonchev–Trinajstić information content (AvgIpc) is 2.94. The summed E-state index contributed by atoms with van der Waals surface area (Å²) < 4.78 is 45.4. The van der Waals surface area contributed by atoms with Gasteiger partial charge in [-0.3, -0.25) is 0 Å². The van der Waals surface area contributed by atoms with Crippen molar-refractivity contribution in [3.8, 4) is 0 Å². The summed E-state index contributed by atoms with van der Waals surface area (Å²) >= 11 is 0. The standard InChI is InChI=1S/C28H35F3N6O3/c1-40-18-17-37(15-5-4-8-20-12-11-19-7-6-14-32-24(19)33-20)16-13-23(26(38)39)34-25-21-9-2-3-10-22(21)35-27(36-25)28(29,30)31/h2-3,9-12,23H,4-8,13-18H2,1H3,(H,32,33)(H,38,39)(H,34,35,36)/t23-/m0/s1. The average molecular weight is 561 g/mol. The summed E-state index contributed by atoms with van der Waals surface area (Å²) in [6.07, 6.45) is 0.212. The minimum atomic E-state index is -4.76. The van der Waals surface area contributed by atoms with Gasteiger partial charge in [0.15, 0.2) is 0 Å². The number of anilines is 2. The number of para-hydroxylation sites is 1. The molecule has 3 N–H and O–H groups in total. The summed E-state index contributed by atoms with van der Waals surface area (Å²) in [7, 11) is 1.61. The van der Waals surface area contributed by atoms with Crippen LogP contribution in [0.4, 0.5) is 24.8 Å². The van der Waals surface area contributed by atoms with Gasteiger partial charge in [0.05, 0.1) is 12.1 Å². The molecule has 9 nitrogen and oxygen atoms in total. The van der Waals surface area contributed by atoms with Gasteiger partial charge in [0.1, 0.15) is 17.7 Å². The minimum Gasteiger partial charge on any atom is -0.480 e. The van der Waals surface area contributed by atoms with Gasteiger partial charge in [-0.25, -0.2) is 19.7 Å². The molecule has 0 spiro atoms. The number of carboxylic acid groups (broad SMARTS) is 1. The van der Waals surface area contributed by atoms with Crippen molar-refractivity contribution in [1.82, 2.24) is 19.9 Å². The number of hydrogen-bond donors (Lipinski definition) is 3. The lowest BCUT2D eigenvalue weighted by Crippen LogP contribution is -2.37. The third kappa shape index (κ3) is 8.01. The first-order chi connectivity index (χ1) is 19.2. The van der Waals surface area contributed by atoms with Crippen LogP contribution < -0.4 is 10.6 Å². The second-order valence-electron chi connectivity index (χ2n) is 9.87. The van der Waals surface area contributed by atoms with Gasteiger partial charge in [-0.1, -0.05) is 18.2 Å². The van der Waals surface area contributed by atoms with Crippen molar-refractivity contribution in [3.05, 3.63) is 53.5 Å². The number of rotatable bonds is 14. The van der Waals surface area contributed by atoms with Crippen LogP contribution in [0.15, 0.2) is 36.4 Å². The first-order valence-electron chi connectivity index (χ1n) is 13.5. The lowest BCUT2D eigenvalue weighted by atomic mass is 10.1. The van der Waals surface area contributed by atoms with Crippen LogP contribution >= 0.6 is 0 Å². The molecule has 1 aliphatic heterocycles. The van der Waals surface area contributed by atoms with Crippen LogP contribution in [0.25, 0.3) is 10.9 Å². The number of nitrogens with one attached hydrogen (secondary N) is 2. The first-order valence-corrected chi connectivity index (χ1v) is 13.5. The van der Waals surface area contributed by atoms with Crippen LogP contribution in [0.5, 0.6) is 0 Å². The molecule has 4 rings (SSSR count). The van der Waals surface area contributed by atoms with Crippen molar-refractivity contribution in [2.75, 3.05) is 50.5 Å². The van der Waals surface area contributed by atoms with Crippen molar-refractivity contribution >= 4 is 28.5 Å². The van der Waals surface area contributed by atoms with E-state index in [0.29, 0.717) is 25.1 Å². The van der Waals surface area contributed by atoms with Gasteiger partial charge in [-0.2, -0.15) is 13.2 Å². The molecule has 0 saturated heterocycles. The molecule has 1 atom stereocenters. The Labute approximate surface area is 231 Å². The van der Waals surface area contributed by atoms with Crippen LogP contribution in [0.1, 0.15) is 42.8 Å². The summed E-state index contributed by atoms with van der Waals surface area (Å²) in [6.45, 7) is 3.19. The van der Waals surface area contributed by atoms with Gasteiger partial charge in [0.25, 0.3) is 0 Å². The number of aliphatic carboxylic acids is 1. The number of unbranched alkanes of at least 4 members (excludes halogenated alkanes) is 1. The van der Waals surface area contributed by atoms with Crippen LogP contribution in [0.2, 0.25) is 0 Å². The van der Waals surface area contributed by atoms with Crippen molar-refractivity contribution in [3.63, 3.8) is 0 Å². The number of aryl methyl sites for hydroxylation is 2. The fraction of sp³-hybridized carbons (Fsp3) is 0.500. The SMILES string of the molecule is COCCN(CCCCc1ccc2c(n1)NCCC2)CC[C@H](Nc1nc(C(F)(F)F)nc2ccccc12)C(=O)O. The predicted octanol–water partition coefficient (Wildman–Crippen LogP) is 4.63. The molecule has 0 amide bonds. The van der Waals surface area contributed by atoms with E-state index in [1.807, 2.05) is 0 Å². The van der Waals surface area contributed by atoms with Gasteiger partial charge in [0.2, 0.25) is 5.82 Å². The largest absolute Gasteiger partial charge is 0.480 e. The van der Waals surface area contributed by atoms with E-state index in [4.69, 9.17) is 9.72 Å². The Kier molecular flexibility index (Phi) is 10.1. The van der Waals surface area contributed by atoms with Gasteiger partial charge in [-0.15, -0.1) is 0 Å². The Balaban J connectivity index is 1.36. The number of halogens is 3. The highest BCUT2D eigenvalue weighted by Crippen LogP contribution is 2.30. The molecule has 0 aliphatic carbocycles. The molecule has 0 unspecified atom stereocenters. The molecule has 2 aromatic heterocycles. The maximum absolute atomic E-state index is 13.4. The van der Waals surface area contributed by atoms with Crippen LogP contribution in [-0.4, -0.2) is 76.9 Å². The molecule has 0 saturated carbocycles. The molecule has 1 aromatic carbocycles. The van der Waals surface area contributed by atoms with Crippen LogP contribution in [0.3, 0.4) is 0 Å². The molecule has 0 radical (unpaired) electrons. The van der Waals surface area contributed by atoms with E-state index in [0.717, 1.165) is 56.7 Å². The Morgan fingerprint density at radius 1 is 1.12 bits per heavy atom. The molecule has 0 bridgehead atoms. The maximum atomic E-state index is 13.4. The molecular weight excluding hydrogens is 525 g/mol. The monoisotopic (exact) mass is 560 g/mol. The van der Waals surface area contributed by atoms with Gasteiger partial charge >= 0.3 is 12.1 Å². The summed E-state index contributed by atoms with van der Waals surface area (Å²) in [4.78, 5) is 26.2. The number of aromatic nitrogens is 3. The molecule has 3 aromatic rings. The molecule has 12 heteroatoms. The highest BCUT2D eigenvalue weighted by Gasteiger charge is 2.36.